The summed E-state index contributed by atoms with van der Waals surface area (Å²) >= 11 is 0. The van der Waals surface area contributed by atoms with Gasteiger partial charge < -0.3 is 4.74 Å². The summed E-state index contributed by atoms with van der Waals surface area (Å²) in [6.07, 6.45) is 2.69. The van der Waals surface area contributed by atoms with Crippen LogP contribution in [0.2, 0.25) is 0 Å². The molecule has 1 aromatic rings. The van der Waals surface area contributed by atoms with Crippen molar-refractivity contribution in [2.75, 3.05) is 0 Å². The van der Waals surface area contributed by atoms with Crippen LogP contribution < -0.4 is 5.14 Å². The van der Waals surface area contributed by atoms with Crippen molar-refractivity contribution in [3.63, 3.8) is 0 Å². The molecule has 1 aliphatic rings. The molecule has 6 heteroatoms. The minimum atomic E-state index is -4.03. The lowest BCUT2D eigenvalue weighted by Crippen LogP contribution is -2.28. The standard InChI is InChI=1S/C10H9NO4S/c11-16(13,14)9-8-4-2-1-3-7(8)5-6-15-10(9)12/h1-6,9H,(H2,11,13,14). The molecular weight excluding hydrogens is 230 g/mol. The molecule has 0 aromatic heterocycles. The summed E-state index contributed by atoms with van der Waals surface area (Å²) in [7, 11) is -4.03. The van der Waals surface area contributed by atoms with E-state index in [1.54, 1.807) is 24.3 Å². The van der Waals surface area contributed by atoms with E-state index in [1.165, 1.54) is 6.08 Å². The van der Waals surface area contributed by atoms with Crippen molar-refractivity contribution in [3.8, 4) is 0 Å². The summed E-state index contributed by atoms with van der Waals surface area (Å²) in [5.74, 6) is -0.885. The molecule has 0 radical (unpaired) electrons. The normalized spacial score (nSPS) is 19.8. The minimum absolute atomic E-state index is 0.337. The maximum absolute atomic E-state index is 11.5. The predicted octanol–water partition coefficient (Wildman–Crippen LogP) is 0.544. The SMILES string of the molecule is NS(=O)(=O)C1C(=O)OC=Cc2ccccc21. The average Bonchev–Trinajstić information content (AvgIpc) is 2.34. The van der Waals surface area contributed by atoms with E-state index in [0.717, 1.165) is 6.26 Å². The fourth-order valence-corrected chi connectivity index (χ4v) is 2.47. The first kappa shape index (κ1) is 10.8. The second-order valence-corrected chi connectivity index (χ2v) is 4.99. The molecular formula is C10H9NO4S. The lowest BCUT2D eigenvalue weighted by molar-refractivity contribution is -0.137. The van der Waals surface area contributed by atoms with E-state index in [9.17, 15) is 13.2 Å². The topological polar surface area (TPSA) is 86.5 Å². The first-order chi connectivity index (χ1) is 7.50. The Kier molecular flexibility index (Phi) is 2.53. The molecule has 0 saturated heterocycles. The quantitative estimate of drug-likeness (QED) is 0.725. The molecule has 2 rings (SSSR count). The number of hydrogen-bond acceptors (Lipinski definition) is 4. The van der Waals surface area contributed by atoms with Gasteiger partial charge in [0.2, 0.25) is 10.0 Å². The third-order valence-electron chi connectivity index (χ3n) is 2.25. The van der Waals surface area contributed by atoms with Crippen molar-refractivity contribution >= 4 is 22.1 Å². The van der Waals surface area contributed by atoms with Crippen molar-refractivity contribution in [1.29, 1.82) is 0 Å². The molecule has 1 heterocycles. The second-order valence-electron chi connectivity index (χ2n) is 3.34. The molecule has 0 saturated carbocycles. The maximum atomic E-state index is 11.5. The third kappa shape index (κ3) is 1.84. The second kappa shape index (κ2) is 3.73. The van der Waals surface area contributed by atoms with Crippen LogP contribution in [0, 0.1) is 0 Å². The van der Waals surface area contributed by atoms with Crippen LogP contribution in [0.15, 0.2) is 30.5 Å². The Balaban J connectivity index is 2.67. The van der Waals surface area contributed by atoms with Crippen LogP contribution in [0.1, 0.15) is 16.4 Å². The highest BCUT2D eigenvalue weighted by Gasteiger charge is 2.35. The van der Waals surface area contributed by atoms with Gasteiger partial charge in [-0.1, -0.05) is 24.3 Å². The lowest BCUT2D eigenvalue weighted by Gasteiger charge is -2.12. The van der Waals surface area contributed by atoms with Gasteiger partial charge in [0, 0.05) is 0 Å². The lowest BCUT2D eigenvalue weighted by atomic mass is 10.1. The number of rotatable bonds is 1. The van der Waals surface area contributed by atoms with Crippen LogP contribution in [-0.4, -0.2) is 14.4 Å². The van der Waals surface area contributed by atoms with Crippen LogP contribution in [0.25, 0.3) is 6.08 Å². The Morgan fingerprint density at radius 2 is 1.94 bits per heavy atom. The van der Waals surface area contributed by atoms with Gasteiger partial charge in [-0.25, -0.2) is 18.4 Å². The molecule has 0 bridgehead atoms. The van der Waals surface area contributed by atoms with Gasteiger partial charge in [0.25, 0.3) is 0 Å². The Labute approximate surface area is 92.6 Å². The molecule has 84 valence electrons. The fraction of sp³-hybridized carbons (Fsp3) is 0.100. The Hall–Kier alpha value is -1.66. The zero-order valence-electron chi connectivity index (χ0n) is 8.16. The molecule has 2 N–H and O–H groups in total. The van der Waals surface area contributed by atoms with E-state index in [4.69, 9.17) is 5.14 Å². The number of carbonyl (C=O) groups excluding carboxylic acids is 1. The zero-order valence-corrected chi connectivity index (χ0v) is 8.98. The average molecular weight is 239 g/mol. The number of benzene rings is 1. The van der Waals surface area contributed by atoms with Gasteiger partial charge >= 0.3 is 5.97 Å². The molecule has 5 nitrogen and oxygen atoms in total. The highest BCUT2D eigenvalue weighted by Crippen LogP contribution is 2.28. The molecule has 0 spiro atoms. The predicted molar refractivity (Wildman–Crippen MR) is 57.4 cm³/mol. The summed E-state index contributed by atoms with van der Waals surface area (Å²) in [5, 5.41) is 3.57. The monoisotopic (exact) mass is 239 g/mol. The van der Waals surface area contributed by atoms with Crippen molar-refractivity contribution in [3.05, 3.63) is 41.7 Å². The van der Waals surface area contributed by atoms with E-state index < -0.39 is 21.2 Å². The molecule has 16 heavy (non-hydrogen) atoms. The van der Waals surface area contributed by atoms with E-state index in [2.05, 4.69) is 4.74 Å². The Morgan fingerprint density at radius 3 is 2.62 bits per heavy atom. The largest absolute Gasteiger partial charge is 0.433 e. The highest BCUT2D eigenvalue weighted by atomic mass is 32.2. The number of esters is 1. The van der Waals surface area contributed by atoms with Crippen LogP contribution in [0.4, 0.5) is 0 Å². The van der Waals surface area contributed by atoms with E-state index in [0.29, 0.717) is 11.1 Å². The minimum Gasteiger partial charge on any atom is -0.433 e. The van der Waals surface area contributed by atoms with Crippen LogP contribution in [-0.2, 0) is 19.6 Å². The molecule has 0 aliphatic carbocycles. The molecule has 1 atom stereocenters. The van der Waals surface area contributed by atoms with E-state index >= 15 is 0 Å². The number of carbonyl (C=O) groups is 1. The van der Waals surface area contributed by atoms with E-state index in [-0.39, 0.29) is 0 Å². The maximum Gasteiger partial charge on any atom is 0.335 e. The van der Waals surface area contributed by atoms with Gasteiger partial charge in [0.1, 0.15) is 0 Å². The van der Waals surface area contributed by atoms with Crippen LogP contribution in [0.3, 0.4) is 0 Å². The van der Waals surface area contributed by atoms with Gasteiger partial charge in [-0.3, -0.25) is 0 Å². The first-order valence-electron chi connectivity index (χ1n) is 4.48. The number of ether oxygens (including phenoxy) is 1. The van der Waals surface area contributed by atoms with Crippen molar-refractivity contribution < 1.29 is 17.9 Å². The smallest absolute Gasteiger partial charge is 0.335 e. The number of primary sulfonamides is 1. The molecule has 0 amide bonds. The summed E-state index contributed by atoms with van der Waals surface area (Å²) in [5.41, 5.74) is 0.941. The molecule has 0 fully saturated rings. The van der Waals surface area contributed by atoms with Crippen LogP contribution in [0.5, 0.6) is 0 Å². The van der Waals surface area contributed by atoms with Gasteiger partial charge in [0.05, 0.1) is 6.26 Å². The summed E-state index contributed by atoms with van der Waals surface area (Å²) in [4.78, 5) is 11.5. The number of hydrogen-bond donors (Lipinski definition) is 1. The van der Waals surface area contributed by atoms with Crippen molar-refractivity contribution in [2.24, 2.45) is 5.14 Å². The van der Waals surface area contributed by atoms with Gasteiger partial charge in [0.15, 0.2) is 5.25 Å². The summed E-state index contributed by atoms with van der Waals surface area (Å²) < 4.78 is 27.4. The van der Waals surface area contributed by atoms with Crippen molar-refractivity contribution in [1.82, 2.24) is 0 Å². The molecule has 1 aliphatic heterocycles. The first-order valence-corrected chi connectivity index (χ1v) is 6.08. The summed E-state index contributed by atoms with van der Waals surface area (Å²) in [6.45, 7) is 0. The highest BCUT2D eigenvalue weighted by molar-refractivity contribution is 7.90. The number of fused-ring (bicyclic) bond motifs is 1. The molecule has 1 aromatic carbocycles. The number of nitrogens with two attached hydrogens (primary N) is 1. The Bertz CT molecular complexity index is 562. The van der Waals surface area contributed by atoms with Gasteiger partial charge in [-0.15, -0.1) is 0 Å². The Morgan fingerprint density at radius 1 is 1.25 bits per heavy atom. The van der Waals surface area contributed by atoms with Crippen molar-refractivity contribution in [2.45, 2.75) is 5.25 Å². The fourth-order valence-electron chi connectivity index (χ4n) is 1.58. The van der Waals surface area contributed by atoms with Crippen LogP contribution >= 0.6 is 0 Å². The van der Waals surface area contributed by atoms with Gasteiger partial charge in [-0.2, -0.15) is 0 Å². The number of sulfonamides is 1. The van der Waals surface area contributed by atoms with E-state index in [1.807, 2.05) is 0 Å². The molecule has 1 unspecified atom stereocenters. The number of cyclic esters (lactones) is 1. The zero-order chi connectivity index (χ0) is 11.8. The third-order valence-corrected chi connectivity index (χ3v) is 3.36. The van der Waals surface area contributed by atoms with Gasteiger partial charge in [-0.05, 0) is 17.2 Å². The summed E-state index contributed by atoms with van der Waals surface area (Å²) in [6, 6.07) is 6.61.